The molecule has 2 saturated heterocycles. The van der Waals surface area contributed by atoms with Gasteiger partial charge in [0.25, 0.3) is 0 Å². The van der Waals surface area contributed by atoms with Gasteiger partial charge < -0.3 is 20.9 Å². The van der Waals surface area contributed by atoms with E-state index in [0.29, 0.717) is 38.6 Å². The first-order valence-electron chi connectivity index (χ1n) is 10.8. The Kier molecular flexibility index (Phi) is 10.3. The van der Waals surface area contributed by atoms with Crippen LogP contribution in [0.15, 0.2) is 29.3 Å². The number of urea groups is 1. The van der Waals surface area contributed by atoms with Gasteiger partial charge in [0.1, 0.15) is 0 Å². The van der Waals surface area contributed by atoms with Gasteiger partial charge in [0.2, 0.25) is 0 Å². The quantitative estimate of drug-likeness (QED) is 0.279. The second-order valence-electron chi connectivity index (χ2n) is 8.00. The lowest BCUT2D eigenvalue weighted by Crippen LogP contribution is -2.45. The highest BCUT2D eigenvalue weighted by atomic mass is 127. The topological polar surface area (TPSA) is 72.0 Å². The number of rotatable bonds is 6. The van der Waals surface area contributed by atoms with Crippen LogP contribution in [0.4, 0.5) is 23.7 Å². The van der Waals surface area contributed by atoms with Crippen molar-refractivity contribution in [2.75, 3.05) is 44.6 Å². The van der Waals surface area contributed by atoms with Crippen LogP contribution in [0, 0.1) is 0 Å². The number of hydrogen-bond donors (Lipinski definition) is 3. The van der Waals surface area contributed by atoms with Gasteiger partial charge in [-0.15, -0.1) is 24.0 Å². The van der Waals surface area contributed by atoms with E-state index < -0.39 is 12.7 Å². The molecule has 180 valence electrons. The largest absolute Gasteiger partial charge is 0.401 e. The van der Waals surface area contributed by atoms with Crippen molar-refractivity contribution >= 4 is 41.7 Å². The summed E-state index contributed by atoms with van der Waals surface area (Å²) in [5.74, 6) is 0.577. The molecule has 2 aliphatic rings. The average Bonchev–Trinajstić information content (AvgIpc) is 3.38. The van der Waals surface area contributed by atoms with E-state index in [1.165, 1.54) is 4.90 Å². The fourth-order valence-electron chi connectivity index (χ4n) is 3.90. The minimum absolute atomic E-state index is 0. The molecule has 3 rings (SSSR count). The van der Waals surface area contributed by atoms with E-state index in [4.69, 9.17) is 0 Å². The summed E-state index contributed by atoms with van der Waals surface area (Å²) in [6.07, 6.45) is -1.46. The van der Waals surface area contributed by atoms with Crippen molar-refractivity contribution in [3.63, 3.8) is 0 Å². The first-order valence-corrected chi connectivity index (χ1v) is 10.8. The van der Waals surface area contributed by atoms with E-state index in [1.807, 2.05) is 36.1 Å². The van der Waals surface area contributed by atoms with Gasteiger partial charge >= 0.3 is 12.2 Å². The maximum absolute atomic E-state index is 12.6. The molecular formula is C21H32F3IN6O. The molecule has 32 heavy (non-hydrogen) atoms. The maximum atomic E-state index is 12.6. The van der Waals surface area contributed by atoms with Crippen molar-refractivity contribution in [2.45, 2.75) is 44.9 Å². The van der Waals surface area contributed by atoms with Gasteiger partial charge in [-0.2, -0.15) is 13.2 Å². The molecule has 2 fully saturated rings. The van der Waals surface area contributed by atoms with Crippen LogP contribution >= 0.6 is 24.0 Å². The third-order valence-electron chi connectivity index (χ3n) is 5.35. The van der Waals surface area contributed by atoms with E-state index in [1.54, 1.807) is 0 Å². The Bertz CT molecular complexity index is 770. The van der Waals surface area contributed by atoms with Crippen LogP contribution < -0.4 is 16.0 Å². The number of aliphatic imine (C=N–C) groups is 1. The van der Waals surface area contributed by atoms with Gasteiger partial charge in [-0.3, -0.25) is 4.90 Å². The molecule has 2 aliphatic heterocycles. The number of carbonyl (C=O) groups is 1. The molecule has 0 bridgehead atoms. The lowest BCUT2D eigenvalue weighted by Gasteiger charge is -2.20. The lowest BCUT2D eigenvalue weighted by atomic mass is 10.2. The fraction of sp³-hybridized carbons (Fsp3) is 0.619. The number of benzene rings is 1. The zero-order chi connectivity index (χ0) is 22.3. The highest BCUT2D eigenvalue weighted by molar-refractivity contribution is 14.0. The molecule has 3 N–H and O–H groups in total. The molecular weight excluding hydrogens is 536 g/mol. The lowest BCUT2D eigenvalue weighted by molar-refractivity contribution is -0.143. The Morgan fingerprint density at radius 2 is 1.97 bits per heavy atom. The molecule has 1 unspecified atom stereocenters. The van der Waals surface area contributed by atoms with Crippen molar-refractivity contribution < 1.29 is 18.0 Å². The van der Waals surface area contributed by atoms with Crippen LogP contribution in [-0.4, -0.2) is 73.3 Å². The SMILES string of the molecule is CCNC(=NCc1cccc(NC(=O)N2CCCC2)c1)NC1CCN(CC(F)(F)F)C1.I. The first-order chi connectivity index (χ1) is 14.8. The molecule has 0 aromatic heterocycles. The number of alkyl halides is 3. The molecule has 7 nitrogen and oxygen atoms in total. The zero-order valence-corrected chi connectivity index (χ0v) is 20.6. The summed E-state index contributed by atoms with van der Waals surface area (Å²) in [6, 6.07) is 7.37. The number of carbonyl (C=O) groups excluding carboxylic acids is 1. The van der Waals surface area contributed by atoms with Gasteiger partial charge in [0.15, 0.2) is 5.96 Å². The van der Waals surface area contributed by atoms with Crippen LogP contribution in [0.2, 0.25) is 0 Å². The number of amides is 2. The van der Waals surface area contributed by atoms with Crippen LogP contribution in [0.25, 0.3) is 0 Å². The number of nitrogens with one attached hydrogen (secondary N) is 3. The molecule has 1 aromatic rings. The normalized spacial score (nSPS) is 19.6. The molecule has 2 heterocycles. The zero-order valence-electron chi connectivity index (χ0n) is 18.2. The fourth-order valence-corrected chi connectivity index (χ4v) is 3.90. The van der Waals surface area contributed by atoms with Gasteiger partial charge in [-0.1, -0.05) is 12.1 Å². The molecule has 2 amide bonds. The minimum atomic E-state index is -4.18. The molecule has 0 saturated carbocycles. The Hall–Kier alpha value is -1.76. The number of nitrogens with zero attached hydrogens (tertiary/aromatic N) is 3. The molecule has 0 radical (unpaired) electrons. The van der Waals surface area contributed by atoms with Crippen LogP contribution in [0.5, 0.6) is 0 Å². The number of guanidine groups is 1. The minimum Gasteiger partial charge on any atom is -0.357 e. The Balaban J connectivity index is 0.00000363. The van der Waals surface area contributed by atoms with E-state index in [-0.39, 0.29) is 36.0 Å². The molecule has 0 spiro atoms. The predicted molar refractivity (Wildman–Crippen MR) is 131 cm³/mol. The standard InChI is InChI=1S/C21H31F3N6O.HI/c1-2-25-19(27-18-8-11-29(14-18)15-21(22,23)24)26-13-16-6-5-7-17(12-16)28-20(31)30-9-3-4-10-30;/h5-7,12,18H,2-4,8-11,13-15H2,1H3,(H,28,31)(H2,25,26,27);1H. The van der Waals surface area contributed by atoms with Gasteiger partial charge in [-0.25, -0.2) is 9.79 Å². The second kappa shape index (κ2) is 12.5. The van der Waals surface area contributed by atoms with Crippen LogP contribution in [-0.2, 0) is 6.54 Å². The smallest absolute Gasteiger partial charge is 0.357 e. The molecule has 1 aromatic carbocycles. The van der Waals surface area contributed by atoms with Crippen molar-refractivity contribution in [2.24, 2.45) is 4.99 Å². The van der Waals surface area contributed by atoms with E-state index in [2.05, 4.69) is 20.9 Å². The molecule has 1 atom stereocenters. The highest BCUT2D eigenvalue weighted by Gasteiger charge is 2.34. The average molecular weight is 568 g/mol. The summed E-state index contributed by atoms with van der Waals surface area (Å²) >= 11 is 0. The highest BCUT2D eigenvalue weighted by Crippen LogP contribution is 2.20. The summed E-state index contributed by atoms with van der Waals surface area (Å²) in [5, 5.41) is 9.32. The number of anilines is 1. The van der Waals surface area contributed by atoms with Crippen molar-refractivity contribution in [3.8, 4) is 0 Å². The van der Waals surface area contributed by atoms with E-state index >= 15 is 0 Å². The number of likely N-dealkylation sites (tertiary alicyclic amines) is 2. The summed E-state index contributed by atoms with van der Waals surface area (Å²) in [7, 11) is 0. The van der Waals surface area contributed by atoms with Crippen LogP contribution in [0.1, 0.15) is 31.7 Å². The van der Waals surface area contributed by atoms with Gasteiger partial charge in [-0.05, 0) is 43.9 Å². The number of halogens is 4. The number of hydrogen-bond acceptors (Lipinski definition) is 3. The van der Waals surface area contributed by atoms with E-state index in [0.717, 1.165) is 37.2 Å². The molecule has 11 heteroatoms. The van der Waals surface area contributed by atoms with Gasteiger partial charge in [0, 0.05) is 44.5 Å². The second-order valence-corrected chi connectivity index (χ2v) is 8.00. The third-order valence-corrected chi connectivity index (χ3v) is 5.35. The Morgan fingerprint density at radius 1 is 1.22 bits per heavy atom. The van der Waals surface area contributed by atoms with Crippen LogP contribution in [0.3, 0.4) is 0 Å². The monoisotopic (exact) mass is 568 g/mol. The summed E-state index contributed by atoms with van der Waals surface area (Å²) in [5.41, 5.74) is 1.66. The summed E-state index contributed by atoms with van der Waals surface area (Å²) in [6.45, 7) is 4.42. The summed E-state index contributed by atoms with van der Waals surface area (Å²) in [4.78, 5) is 20.1. The summed E-state index contributed by atoms with van der Waals surface area (Å²) < 4.78 is 37.8. The molecule has 0 aliphatic carbocycles. The predicted octanol–water partition coefficient (Wildman–Crippen LogP) is 3.62. The van der Waals surface area contributed by atoms with E-state index in [9.17, 15) is 18.0 Å². The van der Waals surface area contributed by atoms with Gasteiger partial charge in [0.05, 0.1) is 13.1 Å². The Labute approximate surface area is 204 Å². The van der Waals surface area contributed by atoms with Crippen molar-refractivity contribution in [1.82, 2.24) is 20.4 Å². The Morgan fingerprint density at radius 3 is 2.66 bits per heavy atom. The van der Waals surface area contributed by atoms with Crippen molar-refractivity contribution in [1.29, 1.82) is 0 Å². The van der Waals surface area contributed by atoms with Crippen molar-refractivity contribution in [3.05, 3.63) is 29.8 Å². The maximum Gasteiger partial charge on any atom is 0.401 e. The third kappa shape index (κ3) is 8.64. The first kappa shape index (κ1) is 26.5.